The van der Waals surface area contributed by atoms with Gasteiger partial charge in [0.15, 0.2) is 0 Å². The molecule has 19 heavy (non-hydrogen) atoms. The Morgan fingerprint density at radius 3 is 2.68 bits per heavy atom. The molecule has 1 aromatic heterocycles. The Balaban J connectivity index is 2.23. The number of carbonyl (C=O) groups excluding carboxylic acids is 1. The first-order valence-corrected chi connectivity index (χ1v) is 6.63. The Kier molecular flexibility index (Phi) is 3.87. The number of anilines is 1. The highest BCUT2D eigenvalue weighted by Gasteiger charge is 2.15. The number of amides is 1. The summed E-state index contributed by atoms with van der Waals surface area (Å²) < 4.78 is 0. The van der Waals surface area contributed by atoms with Crippen LogP contribution in [-0.2, 0) is 0 Å². The lowest BCUT2D eigenvalue weighted by atomic mass is 10.1. The van der Waals surface area contributed by atoms with E-state index >= 15 is 0 Å². The van der Waals surface area contributed by atoms with Gasteiger partial charge in [-0.1, -0.05) is 17.7 Å². The molecule has 0 aliphatic rings. The molecule has 0 aliphatic carbocycles. The summed E-state index contributed by atoms with van der Waals surface area (Å²) >= 11 is 7.11. The van der Waals surface area contributed by atoms with Gasteiger partial charge in [0.05, 0.1) is 5.56 Å². The van der Waals surface area contributed by atoms with E-state index in [0.717, 1.165) is 16.9 Å². The lowest BCUT2D eigenvalue weighted by Crippen LogP contribution is -2.13. The molecule has 1 heterocycles. The summed E-state index contributed by atoms with van der Waals surface area (Å²) in [5.74, 6) is -1.45. The third-order valence-corrected chi connectivity index (χ3v) is 3.79. The summed E-state index contributed by atoms with van der Waals surface area (Å²) in [5, 5.41) is 14.0. The number of hydrogen-bond donors (Lipinski definition) is 2. The van der Waals surface area contributed by atoms with Crippen LogP contribution in [0, 0.1) is 6.92 Å². The SMILES string of the molecule is Cc1ccc(C(=O)Nc2sccc2C(=O)O)cc1Cl. The molecule has 2 aromatic rings. The fourth-order valence-electron chi connectivity index (χ4n) is 1.48. The first-order chi connectivity index (χ1) is 8.99. The van der Waals surface area contributed by atoms with Crippen molar-refractivity contribution in [1.82, 2.24) is 0 Å². The van der Waals surface area contributed by atoms with Gasteiger partial charge in [0.25, 0.3) is 5.91 Å². The number of aryl methyl sites for hydroxylation is 1. The van der Waals surface area contributed by atoms with E-state index in [1.54, 1.807) is 23.6 Å². The normalized spacial score (nSPS) is 10.2. The molecule has 0 fully saturated rings. The van der Waals surface area contributed by atoms with Gasteiger partial charge in [0.1, 0.15) is 5.00 Å². The minimum absolute atomic E-state index is 0.0801. The standard InChI is InChI=1S/C13H10ClNO3S/c1-7-2-3-8(6-10(7)14)11(16)15-12-9(13(17)18)4-5-19-12/h2-6H,1H3,(H,15,16)(H,17,18). The van der Waals surface area contributed by atoms with Crippen LogP contribution in [0.3, 0.4) is 0 Å². The number of halogens is 1. The average molecular weight is 296 g/mol. The zero-order chi connectivity index (χ0) is 14.0. The number of carboxylic acid groups (broad SMARTS) is 1. The minimum Gasteiger partial charge on any atom is -0.478 e. The second-order valence-electron chi connectivity index (χ2n) is 3.89. The maximum absolute atomic E-state index is 12.0. The third kappa shape index (κ3) is 2.94. The topological polar surface area (TPSA) is 66.4 Å². The van der Waals surface area contributed by atoms with E-state index < -0.39 is 5.97 Å². The zero-order valence-corrected chi connectivity index (χ0v) is 11.5. The van der Waals surface area contributed by atoms with Crippen LogP contribution in [0.2, 0.25) is 5.02 Å². The van der Waals surface area contributed by atoms with E-state index in [4.69, 9.17) is 16.7 Å². The summed E-state index contributed by atoms with van der Waals surface area (Å²) in [4.78, 5) is 22.9. The Labute approximate surface area is 118 Å². The van der Waals surface area contributed by atoms with Crippen LogP contribution in [0.25, 0.3) is 0 Å². The molecular weight excluding hydrogens is 286 g/mol. The fraction of sp³-hybridized carbons (Fsp3) is 0.0769. The predicted octanol–water partition coefficient (Wildman–Crippen LogP) is 3.66. The first kappa shape index (κ1) is 13.6. The van der Waals surface area contributed by atoms with Crippen LogP contribution in [0.1, 0.15) is 26.3 Å². The molecule has 0 spiro atoms. The number of benzene rings is 1. The van der Waals surface area contributed by atoms with Crippen molar-refractivity contribution in [3.8, 4) is 0 Å². The van der Waals surface area contributed by atoms with E-state index in [9.17, 15) is 9.59 Å². The van der Waals surface area contributed by atoms with Gasteiger partial charge in [-0.05, 0) is 36.1 Å². The van der Waals surface area contributed by atoms with Gasteiger partial charge in [0.2, 0.25) is 0 Å². The smallest absolute Gasteiger partial charge is 0.338 e. The molecule has 0 unspecified atom stereocenters. The lowest BCUT2D eigenvalue weighted by molar-refractivity contribution is 0.0698. The molecule has 1 amide bonds. The van der Waals surface area contributed by atoms with Crippen molar-refractivity contribution in [1.29, 1.82) is 0 Å². The molecule has 0 atom stereocenters. The van der Waals surface area contributed by atoms with Crippen molar-refractivity contribution in [3.63, 3.8) is 0 Å². The molecule has 6 heteroatoms. The molecule has 2 N–H and O–H groups in total. The second-order valence-corrected chi connectivity index (χ2v) is 5.21. The maximum Gasteiger partial charge on any atom is 0.338 e. The Bertz CT molecular complexity index is 651. The Hall–Kier alpha value is -1.85. The highest BCUT2D eigenvalue weighted by atomic mass is 35.5. The van der Waals surface area contributed by atoms with Gasteiger partial charge < -0.3 is 10.4 Å². The number of nitrogens with one attached hydrogen (secondary N) is 1. The van der Waals surface area contributed by atoms with E-state index in [2.05, 4.69) is 5.32 Å². The number of hydrogen-bond acceptors (Lipinski definition) is 3. The van der Waals surface area contributed by atoms with E-state index in [1.165, 1.54) is 6.07 Å². The summed E-state index contributed by atoms with van der Waals surface area (Å²) in [7, 11) is 0. The number of rotatable bonds is 3. The molecular formula is C13H10ClNO3S. The van der Waals surface area contributed by atoms with Crippen molar-refractivity contribution < 1.29 is 14.7 Å². The van der Waals surface area contributed by atoms with E-state index in [1.807, 2.05) is 6.92 Å². The molecule has 4 nitrogen and oxygen atoms in total. The molecule has 0 aliphatic heterocycles. The average Bonchev–Trinajstić information content (AvgIpc) is 2.80. The Morgan fingerprint density at radius 2 is 2.05 bits per heavy atom. The highest BCUT2D eigenvalue weighted by Crippen LogP contribution is 2.24. The first-order valence-electron chi connectivity index (χ1n) is 5.37. The molecule has 0 saturated carbocycles. The van der Waals surface area contributed by atoms with Gasteiger partial charge in [-0.25, -0.2) is 4.79 Å². The van der Waals surface area contributed by atoms with Crippen molar-refractivity contribution in [2.24, 2.45) is 0 Å². The molecule has 98 valence electrons. The Morgan fingerprint density at radius 1 is 1.32 bits per heavy atom. The van der Waals surface area contributed by atoms with Crippen LogP contribution >= 0.6 is 22.9 Å². The fourth-order valence-corrected chi connectivity index (χ4v) is 2.44. The van der Waals surface area contributed by atoms with Gasteiger partial charge in [0, 0.05) is 10.6 Å². The molecule has 0 bridgehead atoms. The molecule has 0 radical (unpaired) electrons. The van der Waals surface area contributed by atoms with Crippen LogP contribution in [0.15, 0.2) is 29.6 Å². The quantitative estimate of drug-likeness (QED) is 0.908. The number of carboxylic acids is 1. The monoisotopic (exact) mass is 295 g/mol. The molecule has 1 aromatic carbocycles. The van der Waals surface area contributed by atoms with Crippen LogP contribution in [0.5, 0.6) is 0 Å². The predicted molar refractivity (Wildman–Crippen MR) is 75.4 cm³/mol. The molecule has 0 saturated heterocycles. The summed E-state index contributed by atoms with van der Waals surface area (Å²) in [6.45, 7) is 1.84. The summed E-state index contributed by atoms with van der Waals surface area (Å²) in [6.07, 6.45) is 0. The minimum atomic E-state index is -1.07. The third-order valence-electron chi connectivity index (χ3n) is 2.56. The highest BCUT2D eigenvalue weighted by molar-refractivity contribution is 7.14. The second kappa shape index (κ2) is 5.42. The van der Waals surface area contributed by atoms with Crippen LogP contribution < -0.4 is 5.32 Å². The van der Waals surface area contributed by atoms with E-state index in [0.29, 0.717) is 15.6 Å². The van der Waals surface area contributed by atoms with E-state index in [-0.39, 0.29) is 11.5 Å². The number of thiophene rings is 1. The van der Waals surface area contributed by atoms with Gasteiger partial charge in [-0.3, -0.25) is 4.79 Å². The molecule has 2 rings (SSSR count). The van der Waals surface area contributed by atoms with Crippen molar-refractivity contribution in [3.05, 3.63) is 51.4 Å². The van der Waals surface area contributed by atoms with Crippen molar-refractivity contribution in [2.75, 3.05) is 5.32 Å². The lowest BCUT2D eigenvalue weighted by Gasteiger charge is -2.05. The largest absolute Gasteiger partial charge is 0.478 e. The van der Waals surface area contributed by atoms with Gasteiger partial charge in [-0.2, -0.15) is 0 Å². The number of carbonyl (C=O) groups is 2. The summed E-state index contributed by atoms with van der Waals surface area (Å²) in [5.41, 5.74) is 1.34. The van der Waals surface area contributed by atoms with Gasteiger partial charge in [-0.15, -0.1) is 11.3 Å². The summed E-state index contributed by atoms with van der Waals surface area (Å²) in [6, 6.07) is 6.39. The van der Waals surface area contributed by atoms with Crippen LogP contribution in [0.4, 0.5) is 5.00 Å². The number of aromatic carboxylic acids is 1. The van der Waals surface area contributed by atoms with Crippen LogP contribution in [-0.4, -0.2) is 17.0 Å². The zero-order valence-electron chi connectivity index (χ0n) is 9.94. The van der Waals surface area contributed by atoms with Crippen molar-refractivity contribution in [2.45, 2.75) is 6.92 Å². The maximum atomic E-state index is 12.0. The van der Waals surface area contributed by atoms with Crippen molar-refractivity contribution >= 4 is 39.8 Å². The van der Waals surface area contributed by atoms with Gasteiger partial charge >= 0.3 is 5.97 Å².